The van der Waals surface area contributed by atoms with Crippen molar-refractivity contribution in [1.82, 2.24) is 19.4 Å². The molecule has 7 nitrogen and oxygen atoms in total. The molecule has 3 aromatic rings. The zero-order valence-corrected chi connectivity index (χ0v) is 13.2. The minimum absolute atomic E-state index is 0.398. The van der Waals surface area contributed by atoms with Crippen LogP contribution in [0.25, 0.3) is 16.6 Å². The van der Waals surface area contributed by atoms with Gasteiger partial charge in [-0.05, 0) is 31.5 Å². The van der Waals surface area contributed by atoms with Crippen molar-refractivity contribution in [2.45, 2.75) is 26.0 Å². The molecule has 0 bridgehead atoms. The van der Waals surface area contributed by atoms with Gasteiger partial charge in [0.25, 0.3) is 0 Å². The Kier molecular flexibility index (Phi) is 3.65. The van der Waals surface area contributed by atoms with Gasteiger partial charge in [-0.1, -0.05) is 0 Å². The first-order valence-corrected chi connectivity index (χ1v) is 7.18. The lowest BCUT2D eigenvalue weighted by molar-refractivity contribution is 0.0575. The maximum atomic E-state index is 11.8. The number of hydrogen-bond donors (Lipinski definition) is 1. The summed E-state index contributed by atoms with van der Waals surface area (Å²) in [6.07, 6.45) is 6.86. The Morgan fingerprint density at radius 2 is 2.09 bits per heavy atom. The second-order valence-electron chi connectivity index (χ2n) is 6.03. The number of nitrogens with zero attached hydrogens (tertiary/aromatic N) is 4. The highest BCUT2D eigenvalue weighted by Crippen LogP contribution is 2.23. The molecule has 0 aliphatic carbocycles. The van der Waals surface area contributed by atoms with Crippen molar-refractivity contribution in [2.75, 3.05) is 7.11 Å². The summed E-state index contributed by atoms with van der Waals surface area (Å²) in [5.41, 5.74) is 2.05. The molecule has 0 saturated carbocycles. The van der Waals surface area contributed by atoms with Gasteiger partial charge in [-0.25, -0.2) is 9.31 Å². The molecule has 0 amide bonds. The van der Waals surface area contributed by atoms with E-state index < -0.39 is 11.6 Å². The van der Waals surface area contributed by atoms with E-state index in [0.717, 1.165) is 11.1 Å². The Hall–Kier alpha value is -2.67. The Morgan fingerprint density at radius 1 is 1.30 bits per heavy atom. The molecule has 3 rings (SSSR count). The SMILES string of the molecule is COC(=O)c1cnn2ccc(-c3cnn(CC(C)(C)O)c3)cc12. The number of pyridine rings is 1. The van der Waals surface area contributed by atoms with Crippen LogP contribution in [0, 0.1) is 0 Å². The number of carbonyl (C=O) groups is 1. The van der Waals surface area contributed by atoms with Gasteiger partial charge < -0.3 is 9.84 Å². The number of methoxy groups -OCH3 is 1. The minimum atomic E-state index is -0.837. The lowest BCUT2D eigenvalue weighted by Crippen LogP contribution is -2.26. The highest BCUT2D eigenvalue weighted by Gasteiger charge is 2.16. The van der Waals surface area contributed by atoms with Gasteiger partial charge in [-0.3, -0.25) is 4.68 Å². The van der Waals surface area contributed by atoms with Crippen molar-refractivity contribution in [1.29, 1.82) is 0 Å². The molecule has 0 aliphatic heterocycles. The van der Waals surface area contributed by atoms with Gasteiger partial charge in [0.1, 0.15) is 5.56 Å². The van der Waals surface area contributed by atoms with Crippen molar-refractivity contribution in [2.24, 2.45) is 0 Å². The maximum Gasteiger partial charge on any atom is 0.341 e. The van der Waals surface area contributed by atoms with Gasteiger partial charge >= 0.3 is 5.97 Å². The van der Waals surface area contributed by atoms with E-state index in [1.165, 1.54) is 13.3 Å². The fraction of sp³-hybridized carbons (Fsp3) is 0.312. The van der Waals surface area contributed by atoms with Crippen molar-refractivity contribution >= 4 is 11.5 Å². The van der Waals surface area contributed by atoms with Crippen molar-refractivity contribution in [3.05, 3.63) is 42.5 Å². The molecule has 0 unspecified atom stereocenters. The first-order chi connectivity index (χ1) is 10.9. The van der Waals surface area contributed by atoms with Gasteiger partial charge in [0.2, 0.25) is 0 Å². The first kappa shape index (κ1) is 15.2. The summed E-state index contributed by atoms with van der Waals surface area (Å²) >= 11 is 0. The van der Waals surface area contributed by atoms with E-state index in [9.17, 15) is 9.90 Å². The summed E-state index contributed by atoms with van der Waals surface area (Å²) < 4.78 is 8.08. The highest BCUT2D eigenvalue weighted by molar-refractivity contribution is 5.97. The number of rotatable bonds is 4. The molecular formula is C16H18N4O3. The Labute approximate surface area is 133 Å². The second-order valence-corrected chi connectivity index (χ2v) is 6.03. The Bertz CT molecular complexity index is 858. The topological polar surface area (TPSA) is 81.6 Å². The van der Waals surface area contributed by atoms with Crippen LogP contribution in [-0.2, 0) is 11.3 Å². The number of aromatic nitrogens is 4. The van der Waals surface area contributed by atoms with Gasteiger partial charge in [0.15, 0.2) is 0 Å². The normalized spacial score (nSPS) is 11.8. The van der Waals surface area contributed by atoms with Crippen LogP contribution in [0.1, 0.15) is 24.2 Å². The van der Waals surface area contributed by atoms with Crippen LogP contribution in [0.4, 0.5) is 0 Å². The number of aliphatic hydroxyl groups is 1. The molecular weight excluding hydrogens is 296 g/mol. The minimum Gasteiger partial charge on any atom is -0.465 e. The molecule has 0 fully saturated rings. The summed E-state index contributed by atoms with van der Waals surface area (Å²) in [5, 5.41) is 18.3. The number of carbonyl (C=O) groups excluding carboxylic acids is 1. The van der Waals surface area contributed by atoms with Crippen LogP contribution < -0.4 is 0 Å². The number of esters is 1. The van der Waals surface area contributed by atoms with Crippen LogP contribution in [0.5, 0.6) is 0 Å². The summed E-state index contributed by atoms with van der Waals surface area (Å²) in [6.45, 7) is 3.86. The molecule has 120 valence electrons. The van der Waals surface area contributed by atoms with E-state index in [4.69, 9.17) is 4.74 Å². The van der Waals surface area contributed by atoms with Crippen LogP contribution in [0.3, 0.4) is 0 Å². The predicted molar refractivity (Wildman–Crippen MR) is 84.1 cm³/mol. The fourth-order valence-electron chi connectivity index (χ4n) is 2.42. The van der Waals surface area contributed by atoms with E-state index in [2.05, 4.69) is 10.2 Å². The van der Waals surface area contributed by atoms with Crippen LogP contribution >= 0.6 is 0 Å². The molecule has 3 aromatic heterocycles. The molecule has 0 spiro atoms. The lowest BCUT2D eigenvalue weighted by Gasteiger charge is -2.16. The predicted octanol–water partition coefficient (Wildman–Crippen LogP) is 1.76. The summed E-state index contributed by atoms with van der Waals surface area (Å²) in [6, 6.07) is 3.76. The van der Waals surface area contributed by atoms with E-state index >= 15 is 0 Å². The third kappa shape index (κ3) is 3.09. The molecule has 0 atom stereocenters. The van der Waals surface area contributed by atoms with Gasteiger partial charge in [0.05, 0.1) is 37.2 Å². The van der Waals surface area contributed by atoms with Gasteiger partial charge in [-0.2, -0.15) is 10.2 Å². The Morgan fingerprint density at radius 3 is 2.78 bits per heavy atom. The summed E-state index contributed by atoms with van der Waals surface area (Å²) in [4.78, 5) is 11.8. The summed E-state index contributed by atoms with van der Waals surface area (Å²) in [5.74, 6) is -0.421. The third-order valence-electron chi connectivity index (χ3n) is 3.44. The van der Waals surface area contributed by atoms with E-state index in [0.29, 0.717) is 17.6 Å². The maximum absolute atomic E-state index is 11.8. The highest BCUT2D eigenvalue weighted by atomic mass is 16.5. The fourth-order valence-corrected chi connectivity index (χ4v) is 2.42. The van der Waals surface area contributed by atoms with E-state index in [-0.39, 0.29) is 0 Å². The number of ether oxygens (including phenoxy) is 1. The molecule has 7 heteroatoms. The monoisotopic (exact) mass is 314 g/mol. The van der Waals surface area contributed by atoms with Crippen molar-refractivity contribution in [3.63, 3.8) is 0 Å². The molecule has 0 aromatic carbocycles. The number of hydrogen-bond acceptors (Lipinski definition) is 5. The number of fused-ring (bicyclic) bond motifs is 1. The van der Waals surface area contributed by atoms with E-state index in [1.54, 1.807) is 35.4 Å². The third-order valence-corrected chi connectivity index (χ3v) is 3.44. The van der Waals surface area contributed by atoms with Crippen molar-refractivity contribution in [3.8, 4) is 11.1 Å². The first-order valence-electron chi connectivity index (χ1n) is 7.18. The quantitative estimate of drug-likeness (QED) is 0.742. The Balaban J connectivity index is 1.98. The van der Waals surface area contributed by atoms with Crippen molar-refractivity contribution < 1.29 is 14.6 Å². The van der Waals surface area contributed by atoms with Gasteiger partial charge in [-0.15, -0.1) is 0 Å². The largest absolute Gasteiger partial charge is 0.465 e. The second kappa shape index (κ2) is 5.51. The van der Waals surface area contributed by atoms with Crippen LogP contribution in [0.2, 0.25) is 0 Å². The molecule has 0 radical (unpaired) electrons. The summed E-state index contributed by atoms with van der Waals surface area (Å²) in [7, 11) is 1.34. The average Bonchev–Trinajstić information content (AvgIpc) is 3.10. The smallest absolute Gasteiger partial charge is 0.341 e. The zero-order chi connectivity index (χ0) is 16.6. The molecule has 23 heavy (non-hydrogen) atoms. The standard InChI is InChI=1S/C16H18N4O3/c1-16(2,22)10-19-9-12(7-17-19)11-4-5-20-14(6-11)13(8-18-20)15(21)23-3/h4-9,22H,10H2,1-3H3. The van der Waals surface area contributed by atoms with E-state index in [1.807, 2.05) is 18.3 Å². The molecule has 0 aliphatic rings. The lowest BCUT2D eigenvalue weighted by atomic mass is 10.1. The van der Waals surface area contributed by atoms with Crippen LogP contribution in [-0.4, -0.2) is 43.2 Å². The molecule has 1 N–H and O–H groups in total. The zero-order valence-electron chi connectivity index (χ0n) is 13.2. The van der Waals surface area contributed by atoms with Crippen LogP contribution in [0.15, 0.2) is 36.9 Å². The molecule has 3 heterocycles. The van der Waals surface area contributed by atoms with Gasteiger partial charge in [0, 0.05) is 18.0 Å². The average molecular weight is 314 g/mol. The molecule has 0 saturated heterocycles.